The number of hydrogen-bond acceptors (Lipinski definition) is 5. The molecule has 3 aromatic rings. The third kappa shape index (κ3) is 1.48. The second-order valence-electron chi connectivity index (χ2n) is 3.65. The maximum Gasteiger partial charge on any atom is 0.207 e. The van der Waals surface area contributed by atoms with Crippen LogP contribution in [-0.2, 0) is 6.67 Å². The van der Waals surface area contributed by atoms with Gasteiger partial charge in [0.2, 0.25) is 5.95 Å². The largest absolute Gasteiger partial charge is 0.369 e. The Kier molecular flexibility index (Phi) is 2.36. The lowest BCUT2D eigenvalue weighted by Crippen LogP contribution is -2.02. The third-order valence-electron chi connectivity index (χ3n) is 2.61. The van der Waals surface area contributed by atoms with Gasteiger partial charge in [-0.15, -0.1) is 10.2 Å². The van der Waals surface area contributed by atoms with Crippen LogP contribution in [-0.4, -0.2) is 24.6 Å². The predicted molar refractivity (Wildman–Crippen MR) is 63.2 cm³/mol. The van der Waals surface area contributed by atoms with Gasteiger partial charge in [0.05, 0.1) is 5.69 Å². The number of alkyl halides is 1. The van der Waals surface area contributed by atoms with Gasteiger partial charge in [0.25, 0.3) is 0 Å². The van der Waals surface area contributed by atoms with Gasteiger partial charge in [0.1, 0.15) is 6.67 Å². The Hall–Kier alpha value is -2.57. The van der Waals surface area contributed by atoms with Crippen LogP contribution in [0.15, 0.2) is 30.6 Å². The first kappa shape index (κ1) is 10.6. The predicted octanol–water partition coefficient (Wildman–Crippen LogP) is 1.24. The van der Waals surface area contributed by atoms with Crippen molar-refractivity contribution >= 4 is 11.6 Å². The fraction of sp³-hybridized carbons (Fsp3) is 0.0909. The monoisotopic (exact) mass is 244 g/mol. The maximum absolute atomic E-state index is 12.9. The minimum Gasteiger partial charge on any atom is -0.369 e. The molecule has 0 aromatic carbocycles. The Morgan fingerprint density at radius 3 is 2.89 bits per heavy atom. The molecule has 3 heterocycles. The van der Waals surface area contributed by atoms with E-state index in [0.717, 1.165) is 0 Å². The van der Waals surface area contributed by atoms with Gasteiger partial charge in [0.15, 0.2) is 11.5 Å². The Labute approximate surface area is 101 Å². The summed E-state index contributed by atoms with van der Waals surface area (Å²) in [6.45, 7) is -0.675. The lowest BCUT2D eigenvalue weighted by Gasteiger charge is -2.04. The van der Waals surface area contributed by atoms with Gasteiger partial charge in [0, 0.05) is 24.0 Å². The molecule has 0 saturated heterocycles. The Morgan fingerprint density at radius 2 is 2.06 bits per heavy atom. The Balaban J connectivity index is 2.32. The minimum atomic E-state index is -0.675. The van der Waals surface area contributed by atoms with Crippen molar-refractivity contribution < 1.29 is 4.39 Å². The van der Waals surface area contributed by atoms with Gasteiger partial charge >= 0.3 is 0 Å². The van der Waals surface area contributed by atoms with E-state index in [1.165, 1.54) is 6.20 Å². The Bertz CT molecular complexity index is 708. The van der Waals surface area contributed by atoms with Crippen LogP contribution in [0.4, 0.5) is 10.3 Å². The van der Waals surface area contributed by atoms with E-state index in [0.29, 0.717) is 22.7 Å². The molecule has 7 heteroatoms. The smallest absolute Gasteiger partial charge is 0.207 e. The van der Waals surface area contributed by atoms with Crippen molar-refractivity contribution in [3.8, 4) is 11.4 Å². The van der Waals surface area contributed by atoms with Gasteiger partial charge < -0.3 is 5.73 Å². The van der Waals surface area contributed by atoms with Gasteiger partial charge in [-0.05, 0) is 12.1 Å². The van der Waals surface area contributed by atoms with Gasteiger partial charge in [-0.25, -0.2) is 13.8 Å². The van der Waals surface area contributed by atoms with Crippen LogP contribution in [0.2, 0.25) is 0 Å². The molecule has 18 heavy (non-hydrogen) atoms. The number of nitrogens with zero attached hydrogens (tertiary/aromatic N) is 5. The number of aromatic nitrogens is 5. The summed E-state index contributed by atoms with van der Waals surface area (Å²) in [7, 11) is 0. The second kappa shape index (κ2) is 4.02. The highest BCUT2D eigenvalue weighted by Crippen LogP contribution is 2.22. The van der Waals surface area contributed by atoms with Crippen molar-refractivity contribution in [1.82, 2.24) is 24.6 Å². The molecule has 0 unspecified atom stereocenters. The summed E-state index contributed by atoms with van der Waals surface area (Å²) in [5, 5.41) is 8.00. The van der Waals surface area contributed by atoms with Crippen LogP contribution in [0.5, 0.6) is 0 Å². The van der Waals surface area contributed by atoms with Crippen molar-refractivity contribution in [1.29, 1.82) is 0 Å². The summed E-state index contributed by atoms with van der Waals surface area (Å²) in [6.07, 6.45) is 3.08. The van der Waals surface area contributed by atoms with Crippen LogP contribution in [0, 0.1) is 0 Å². The number of fused-ring (bicyclic) bond motifs is 1. The standard InChI is InChI=1S/C11H9FN6/c12-6-8-7(2-1-4-14-8)10-17-16-9-3-5-15-11(13)18(9)10/h1-5H,6H2,(H2,13,15). The minimum absolute atomic E-state index is 0.251. The second-order valence-corrected chi connectivity index (χ2v) is 3.65. The molecule has 0 radical (unpaired) electrons. The molecular weight excluding hydrogens is 235 g/mol. The van der Waals surface area contributed by atoms with E-state index in [1.54, 1.807) is 28.8 Å². The lowest BCUT2D eigenvalue weighted by molar-refractivity contribution is 0.477. The SMILES string of the molecule is Nc1nccc2nnc(-c3cccnc3CF)n12. The summed E-state index contributed by atoms with van der Waals surface area (Å²) < 4.78 is 14.5. The molecule has 0 bridgehead atoms. The first-order chi connectivity index (χ1) is 8.81. The van der Waals surface area contributed by atoms with E-state index in [2.05, 4.69) is 20.2 Å². The number of nitrogen functional groups attached to an aromatic ring is 1. The van der Waals surface area contributed by atoms with Crippen LogP contribution < -0.4 is 5.73 Å². The summed E-state index contributed by atoms with van der Waals surface area (Å²) in [5.41, 5.74) is 7.21. The van der Waals surface area contributed by atoms with Crippen LogP contribution in [0.1, 0.15) is 5.69 Å². The lowest BCUT2D eigenvalue weighted by atomic mass is 10.2. The number of rotatable bonds is 2. The van der Waals surface area contributed by atoms with E-state index in [4.69, 9.17) is 5.73 Å². The number of halogens is 1. The van der Waals surface area contributed by atoms with E-state index >= 15 is 0 Å². The summed E-state index contributed by atoms with van der Waals surface area (Å²) in [5.74, 6) is 0.692. The fourth-order valence-corrected chi connectivity index (χ4v) is 1.79. The van der Waals surface area contributed by atoms with E-state index in [9.17, 15) is 4.39 Å². The molecule has 3 aromatic heterocycles. The van der Waals surface area contributed by atoms with Crippen molar-refractivity contribution in [2.45, 2.75) is 6.67 Å². The zero-order valence-electron chi connectivity index (χ0n) is 9.29. The molecule has 0 aliphatic rings. The zero-order valence-corrected chi connectivity index (χ0v) is 9.29. The van der Waals surface area contributed by atoms with E-state index in [1.807, 2.05) is 0 Å². The molecular formula is C11H9FN6. The van der Waals surface area contributed by atoms with Crippen molar-refractivity contribution in [2.75, 3.05) is 5.73 Å². The summed E-state index contributed by atoms with van der Waals surface area (Å²) in [6, 6.07) is 5.12. The first-order valence-electron chi connectivity index (χ1n) is 5.27. The van der Waals surface area contributed by atoms with Gasteiger partial charge in [-0.1, -0.05) is 0 Å². The average molecular weight is 244 g/mol. The molecule has 0 fully saturated rings. The molecule has 0 spiro atoms. The number of anilines is 1. The topological polar surface area (TPSA) is 82.0 Å². The molecule has 0 amide bonds. The fourth-order valence-electron chi connectivity index (χ4n) is 1.79. The number of nitrogens with two attached hydrogens (primary N) is 1. The maximum atomic E-state index is 12.9. The van der Waals surface area contributed by atoms with E-state index in [-0.39, 0.29) is 5.95 Å². The van der Waals surface area contributed by atoms with Crippen molar-refractivity contribution in [2.24, 2.45) is 0 Å². The van der Waals surface area contributed by atoms with Crippen molar-refractivity contribution in [3.05, 3.63) is 36.3 Å². The van der Waals surface area contributed by atoms with Crippen LogP contribution in [0.25, 0.3) is 17.0 Å². The van der Waals surface area contributed by atoms with E-state index < -0.39 is 6.67 Å². The molecule has 90 valence electrons. The highest BCUT2D eigenvalue weighted by Gasteiger charge is 2.14. The number of hydrogen-bond donors (Lipinski definition) is 1. The molecule has 0 saturated carbocycles. The third-order valence-corrected chi connectivity index (χ3v) is 2.61. The quantitative estimate of drug-likeness (QED) is 0.733. The normalized spacial score (nSPS) is 10.9. The molecule has 3 rings (SSSR count). The summed E-state index contributed by atoms with van der Waals surface area (Å²) >= 11 is 0. The summed E-state index contributed by atoms with van der Waals surface area (Å²) in [4.78, 5) is 7.94. The molecule has 0 atom stereocenters. The Morgan fingerprint density at radius 1 is 1.17 bits per heavy atom. The van der Waals surface area contributed by atoms with Crippen molar-refractivity contribution in [3.63, 3.8) is 0 Å². The number of pyridine rings is 1. The molecule has 0 aliphatic carbocycles. The van der Waals surface area contributed by atoms with Gasteiger partial charge in [-0.2, -0.15) is 0 Å². The zero-order chi connectivity index (χ0) is 12.5. The van der Waals surface area contributed by atoms with Crippen LogP contribution in [0.3, 0.4) is 0 Å². The van der Waals surface area contributed by atoms with Crippen LogP contribution >= 0.6 is 0 Å². The molecule has 0 aliphatic heterocycles. The molecule has 2 N–H and O–H groups in total. The van der Waals surface area contributed by atoms with Gasteiger partial charge in [-0.3, -0.25) is 4.98 Å². The highest BCUT2D eigenvalue weighted by molar-refractivity contribution is 5.63. The highest BCUT2D eigenvalue weighted by atomic mass is 19.1. The first-order valence-corrected chi connectivity index (χ1v) is 5.27. The molecule has 6 nitrogen and oxygen atoms in total. The average Bonchev–Trinajstić information content (AvgIpc) is 2.84.